The van der Waals surface area contributed by atoms with Crippen LogP contribution < -0.4 is 10.2 Å². The van der Waals surface area contributed by atoms with Crippen LogP contribution in [0.2, 0.25) is 5.02 Å². The molecule has 2 aromatic rings. The fraction of sp³-hybridized carbons (Fsp3) is 0.429. The average molecular weight is 494 g/mol. The number of fused-ring (bicyclic) bond motifs is 1. The number of halogens is 1. The molecule has 0 bridgehead atoms. The fourth-order valence-corrected chi connectivity index (χ4v) is 5.66. The smallest absolute Gasteiger partial charge is 0.286 e. The summed E-state index contributed by atoms with van der Waals surface area (Å²) in [7, 11) is 0. The number of amides is 2. The van der Waals surface area contributed by atoms with Gasteiger partial charge in [-0.1, -0.05) is 35.9 Å². The SMILES string of the molecule is Cc1cccc(N2CCN(C(=O)C3CCC4O/C(=C\c5ccc(Cl)cc5)C(=O)NC4C3)CC2C)c1. The van der Waals surface area contributed by atoms with Crippen LogP contribution in [0.3, 0.4) is 0 Å². The van der Waals surface area contributed by atoms with Crippen LogP contribution in [0.25, 0.3) is 6.08 Å². The number of nitrogens with one attached hydrogen (secondary N) is 1. The maximum atomic E-state index is 13.4. The highest BCUT2D eigenvalue weighted by atomic mass is 35.5. The van der Waals surface area contributed by atoms with E-state index in [4.69, 9.17) is 16.3 Å². The molecule has 2 heterocycles. The summed E-state index contributed by atoms with van der Waals surface area (Å²) in [6.07, 6.45) is 3.78. The van der Waals surface area contributed by atoms with Gasteiger partial charge < -0.3 is 19.9 Å². The van der Waals surface area contributed by atoms with E-state index in [0.29, 0.717) is 23.7 Å². The number of piperazine rings is 1. The molecule has 2 aromatic carbocycles. The standard InChI is InChI=1S/C28H32ClN3O3/c1-18-4-3-5-23(14-18)32-13-12-31(17-19(32)2)28(34)21-8-11-25-24(16-21)30-27(33)26(35-25)15-20-6-9-22(29)10-7-20/h3-7,9-10,14-15,19,21,24-25H,8,11-13,16-17H2,1-2H3,(H,30,33)/b26-15-. The lowest BCUT2D eigenvalue weighted by atomic mass is 9.82. The van der Waals surface area contributed by atoms with Crippen molar-refractivity contribution in [1.82, 2.24) is 10.2 Å². The molecule has 2 aliphatic heterocycles. The Morgan fingerprint density at radius 3 is 2.69 bits per heavy atom. The lowest BCUT2D eigenvalue weighted by molar-refractivity contribution is -0.142. The second-order valence-corrected chi connectivity index (χ2v) is 10.4. The third kappa shape index (κ3) is 5.18. The van der Waals surface area contributed by atoms with E-state index < -0.39 is 0 Å². The van der Waals surface area contributed by atoms with Crippen molar-refractivity contribution in [2.75, 3.05) is 24.5 Å². The van der Waals surface area contributed by atoms with E-state index in [-0.39, 0.29) is 35.9 Å². The van der Waals surface area contributed by atoms with Crippen molar-refractivity contribution in [2.45, 2.75) is 51.3 Å². The first-order valence-electron chi connectivity index (χ1n) is 12.4. The van der Waals surface area contributed by atoms with Gasteiger partial charge in [0.15, 0.2) is 5.76 Å². The Hall–Kier alpha value is -2.99. The predicted octanol–water partition coefficient (Wildman–Crippen LogP) is 4.41. The maximum Gasteiger partial charge on any atom is 0.286 e. The highest BCUT2D eigenvalue weighted by molar-refractivity contribution is 6.30. The lowest BCUT2D eigenvalue weighted by Gasteiger charge is -2.44. The first kappa shape index (κ1) is 23.7. The van der Waals surface area contributed by atoms with Crippen LogP contribution in [0.5, 0.6) is 0 Å². The molecule has 0 aromatic heterocycles. The minimum atomic E-state index is -0.227. The third-order valence-corrected chi connectivity index (χ3v) is 7.65. The van der Waals surface area contributed by atoms with E-state index in [2.05, 4.69) is 48.3 Å². The Kier molecular flexibility index (Phi) is 6.74. The molecule has 5 rings (SSSR count). The molecule has 0 radical (unpaired) electrons. The summed E-state index contributed by atoms with van der Waals surface area (Å²) < 4.78 is 6.08. The van der Waals surface area contributed by atoms with E-state index in [9.17, 15) is 9.59 Å². The zero-order chi connectivity index (χ0) is 24.5. The van der Waals surface area contributed by atoms with Crippen molar-refractivity contribution in [2.24, 2.45) is 5.92 Å². The molecule has 4 atom stereocenters. The van der Waals surface area contributed by atoms with Crippen LogP contribution in [0.4, 0.5) is 5.69 Å². The number of hydrogen-bond donors (Lipinski definition) is 1. The first-order valence-corrected chi connectivity index (χ1v) is 12.8. The normalized spacial score (nSPS) is 27.7. The molecule has 2 amide bonds. The Labute approximate surface area is 211 Å². The molecule has 0 spiro atoms. The van der Waals surface area contributed by atoms with E-state index in [1.54, 1.807) is 18.2 Å². The number of carbonyl (C=O) groups is 2. The summed E-state index contributed by atoms with van der Waals surface area (Å²) in [5.41, 5.74) is 3.32. The van der Waals surface area contributed by atoms with Crippen molar-refractivity contribution >= 4 is 35.2 Å². The zero-order valence-electron chi connectivity index (χ0n) is 20.2. The highest BCUT2D eigenvalue weighted by Gasteiger charge is 2.42. The molecule has 3 aliphatic rings. The van der Waals surface area contributed by atoms with Gasteiger partial charge in [-0.25, -0.2) is 0 Å². The largest absolute Gasteiger partial charge is 0.483 e. The topological polar surface area (TPSA) is 61.9 Å². The number of benzene rings is 2. The first-order chi connectivity index (χ1) is 16.9. The fourth-order valence-electron chi connectivity index (χ4n) is 5.53. The van der Waals surface area contributed by atoms with Crippen LogP contribution in [-0.4, -0.2) is 54.5 Å². The van der Waals surface area contributed by atoms with Crippen LogP contribution >= 0.6 is 11.6 Å². The Balaban J connectivity index is 1.19. The molecule has 2 saturated heterocycles. The molecule has 184 valence electrons. The molecule has 4 unspecified atom stereocenters. The van der Waals surface area contributed by atoms with Gasteiger partial charge in [-0.15, -0.1) is 0 Å². The number of aryl methyl sites for hydroxylation is 1. The second-order valence-electron chi connectivity index (χ2n) is 9.97. The molecule has 1 saturated carbocycles. The van der Waals surface area contributed by atoms with Crippen LogP contribution in [-0.2, 0) is 14.3 Å². The van der Waals surface area contributed by atoms with Gasteiger partial charge in [0.1, 0.15) is 6.10 Å². The minimum absolute atomic E-state index is 0.0836. The summed E-state index contributed by atoms with van der Waals surface area (Å²) in [4.78, 5) is 30.5. The minimum Gasteiger partial charge on any atom is -0.483 e. The van der Waals surface area contributed by atoms with Crippen LogP contribution in [0.15, 0.2) is 54.3 Å². The number of morpholine rings is 1. The van der Waals surface area contributed by atoms with Gasteiger partial charge in [0.05, 0.1) is 6.04 Å². The molecular formula is C28H32ClN3O3. The molecule has 7 heteroatoms. The molecule has 1 aliphatic carbocycles. The van der Waals surface area contributed by atoms with Crippen LogP contribution in [0.1, 0.15) is 37.3 Å². The number of nitrogens with zero attached hydrogens (tertiary/aromatic N) is 2. The average Bonchev–Trinajstić information content (AvgIpc) is 2.85. The van der Waals surface area contributed by atoms with Crippen molar-refractivity contribution < 1.29 is 14.3 Å². The monoisotopic (exact) mass is 493 g/mol. The maximum absolute atomic E-state index is 13.4. The van der Waals surface area contributed by atoms with Gasteiger partial charge in [-0.2, -0.15) is 0 Å². The van der Waals surface area contributed by atoms with E-state index >= 15 is 0 Å². The van der Waals surface area contributed by atoms with E-state index in [1.807, 2.05) is 17.0 Å². The highest BCUT2D eigenvalue weighted by Crippen LogP contribution is 2.33. The van der Waals surface area contributed by atoms with Crippen molar-refractivity contribution in [1.29, 1.82) is 0 Å². The predicted molar refractivity (Wildman–Crippen MR) is 138 cm³/mol. The number of carbonyl (C=O) groups excluding carboxylic acids is 2. The van der Waals surface area contributed by atoms with Crippen molar-refractivity contribution in [3.05, 3.63) is 70.4 Å². The Morgan fingerprint density at radius 2 is 1.94 bits per heavy atom. The van der Waals surface area contributed by atoms with Crippen molar-refractivity contribution in [3.8, 4) is 0 Å². The molecule has 35 heavy (non-hydrogen) atoms. The van der Waals surface area contributed by atoms with Crippen LogP contribution in [0, 0.1) is 12.8 Å². The second kappa shape index (κ2) is 9.94. The van der Waals surface area contributed by atoms with Gasteiger partial charge in [0.2, 0.25) is 5.91 Å². The lowest BCUT2D eigenvalue weighted by Crippen LogP contribution is -2.58. The van der Waals surface area contributed by atoms with Gasteiger partial charge in [0.25, 0.3) is 5.91 Å². The van der Waals surface area contributed by atoms with Gasteiger partial charge in [0, 0.05) is 42.3 Å². The van der Waals surface area contributed by atoms with Crippen molar-refractivity contribution in [3.63, 3.8) is 0 Å². The Morgan fingerprint density at radius 1 is 1.14 bits per heavy atom. The quantitative estimate of drug-likeness (QED) is 0.643. The zero-order valence-corrected chi connectivity index (χ0v) is 21.0. The third-order valence-electron chi connectivity index (χ3n) is 7.39. The van der Waals surface area contributed by atoms with E-state index in [1.165, 1.54) is 11.3 Å². The number of hydrogen-bond acceptors (Lipinski definition) is 4. The Bertz CT molecular complexity index is 1130. The summed E-state index contributed by atoms with van der Waals surface area (Å²) in [6.45, 7) is 6.55. The molecular weight excluding hydrogens is 462 g/mol. The molecule has 3 fully saturated rings. The number of rotatable bonds is 3. The summed E-state index contributed by atoms with van der Waals surface area (Å²) >= 11 is 5.95. The summed E-state index contributed by atoms with van der Waals surface area (Å²) in [6, 6.07) is 15.9. The van der Waals surface area contributed by atoms with Gasteiger partial charge >= 0.3 is 0 Å². The van der Waals surface area contributed by atoms with Gasteiger partial charge in [-0.3, -0.25) is 9.59 Å². The van der Waals surface area contributed by atoms with E-state index in [0.717, 1.165) is 31.5 Å². The summed E-state index contributed by atoms with van der Waals surface area (Å²) in [5, 5.41) is 3.74. The number of anilines is 1. The number of ether oxygens (including phenoxy) is 1. The molecule has 1 N–H and O–H groups in total. The summed E-state index contributed by atoms with van der Waals surface area (Å²) in [5.74, 6) is 0.213. The van der Waals surface area contributed by atoms with Gasteiger partial charge in [-0.05, 0) is 74.6 Å². The molecule has 6 nitrogen and oxygen atoms in total.